The van der Waals surface area contributed by atoms with Crippen LogP contribution in [0.4, 0.5) is 0 Å². The number of benzene rings is 4. The molecule has 0 aliphatic heterocycles. The molecule has 0 saturated carbocycles. The predicted molar refractivity (Wildman–Crippen MR) is 204 cm³/mol. The van der Waals surface area contributed by atoms with Crippen LogP contribution in [0.1, 0.15) is 55.4 Å². The molecular weight excluding hydrogens is 685 g/mol. The Morgan fingerprint density at radius 1 is 0.426 bits per heavy atom. The van der Waals surface area contributed by atoms with Gasteiger partial charge in [0.25, 0.3) is 0 Å². The molecule has 0 aliphatic carbocycles. The molecular formula is C42H48Cl2P2Ti. The Balaban J connectivity index is 0.000000307. The first-order chi connectivity index (χ1) is 21.2. The Morgan fingerprint density at radius 2 is 0.745 bits per heavy atom. The second-order valence-corrected chi connectivity index (χ2v) is 19.8. The number of fused-ring (bicyclic) bond motifs is 2. The summed E-state index contributed by atoms with van der Waals surface area (Å²) in [7, 11) is -0.204. The summed E-state index contributed by atoms with van der Waals surface area (Å²) >= 11 is 0. The molecule has 0 unspecified atom stereocenters. The third kappa shape index (κ3) is 9.70. The third-order valence-electron chi connectivity index (χ3n) is 8.46. The van der Waals surface area contributed by atoms with Crippen molar-refractivity contribution in [1.29, 1.82) is 0 Å². The molecule has 6 aromatic carbocycles. The first-order valence-corrected chi connectivity index (χ1v) is 19.2. The fraction of sp³-hybridized carbons (Fsp3) is 0.286. The van der Waals surface area contributed by atoms with Gasteiger partial charge in [0.2, 0.25) is 0 Å². The van der Waals surface area contributed by atoms with E-state index in [1.807, 2.05) is 0 Å². The summed E-state index contributed by atoms with van der Waals surface area (Å²) in [6.07, 6.45) is 0. The van der Waals surface area contributed by atoms with Crippen molar-refractivity contribution in [1.82, 2.24) is 0 Å². The van der Waals surface area contributed by atoms with Crippen molar-refractivity contribution in [3.05, 3.63) is 121 Å². The zero-order chi connectivity index (χ0) is 31.4. The molecule has 0 aliphatic rings. The molecule has 6 aromatic rings. The van der Waals surface area contributed by atoms with Gasteiger partial charge in [0.05, 0.1) is 0 Å². The van der Waals surface area contributed by atoms with Crippen LogP contribution in [0, 0.1) is 0 Å². The molecule has 0 saturated heterocycles. The van der Waals surface area contributed by atoms with Gasteiger partial charge in [0.1, 0.15) is 0 Å². The molecule has 0 radical (unpaired) electrons. The van der Waals surface area contributed by atoms with Gasteiger partial charge in [-0.05, 0) is 33.8 Å². The third-order valence-corrected chi connectivity index (χ3v) is 14.6. The first kappa shape index (κ1) is 41.4. The molecule has 244 valence electrons. The van der Waals surface area contributed by atoms with Gasteiger partial charge in [-0.15, -0.1) is 68.6 Å². The smallest absolute Gasteiger partial charge is 1.00 e. The van der Waals surface area contributed by atoms with Crippen LogP contribution < -0.4 is 35.4 Å². The number of rotatable bonds is 8. The van der Waals surface area contributed by atoms with Crippen molar-refractivity contribution in [2.45, 2.75) is 78.0 Å². The number of halogens is 2. The molecule has 47 heavy (non-hydrogen) atoms. The van der Waals surface area contributed by atoms with E-state index < -0.39 is 0 Å². The fourth-order valence-electron chi connectivity index (χ4n) is 6.86. The Labute approximate surface area is 314 Å². The minimum atomic E-state index is -0.102. The molecule has 0 aromatic heterocycles. The quantitative estimate of drug-likeness (QED) is 0.0980. The van der Waals surface area contributed by atoms with E-state index in [9.17, 15) is 0 Å². The van der Waals surface area contributed by atoms with E-state index in [0.717, 1.165) is 22.6 Å². The molecule has 0 N–H and O–H groups in total. The summed E-state index contributed by atoms with van der Waals surface area (Å²) in [4.78, 5) is 0. The van der Waals surface area contributed by atoms with Crippen LogP contribution in [-0.2, 0) is 21.7 Å². The number of hydrogen-bond donors (Lipinski definition) is 0. The minimum absolute atomic E-state index is 0. The van der Waals surface area contributed by atoms with Gasteiger partial charge in [0.15, 0.2) is 0 Å². The second-order valence-electron chi connectivity index (χ2n) is 13.0. The van der Waals surface area contributed by atoms with E-state index in [1.165, 1.54) is 43.8 Å². The van der Waals surface area contributed by atoms with E-state index in [4.69, 9.17) is 0 Å². The van der Waals surface area contributed by atoms with Crippen molar-refractivity contribution >= 4 is 48.0 Å². The van der Waals surface area contributed by atoms with E-state index in [1.54, 1.807) is 10.6 Å². The van der Waals surface area contributed by atoms with Crippen molar-refractivity contribution in [2.75, 3.05) is 0 Å². The first-order valence-electron chi connectivity index (χ1n) is 16.2. The zero-order valence-electron chi connectivity index (χ0n) is 29.0. The van der Waals surface area contributed by atoms with Crippen LogP contribution in [0.2, 0.25) is 0 Å². The second kappa shape index (κ2) is 18.9. The predicted octanol–water partition coefficient (Wildman–Crippen LogP) is 6.30. The average molecular weight is 734 g/mol. The molecule has 0 fully saturated rings. The Hall–Kier alpha value is -1.75. The zero-order valence-corrected chi connectivity index (χ0v) is 33.9. The average Bonchev–Trinajstić information content (AvgIpc) is 3.61. The van der Waals surface area contributed by atoms with Crippen molar-refractivity contribution in [2.24, 2.45) is 0 Å². The topological polar surface area (TPSA) is 0 Å². The van der Waals surface area contributed by atoms with E-state index in [2.05, 4.69) is 177 Å². The van der Waals surface area contributed by atoms with Gasteiger partial charge >= 0.3 is 21.7 Å². The van der Waals surface area contributed by atoms with E-state index >= 15 is 0 Å². The van der Waals surface area contributed by atoms with Crippen LogP contribution in [0.5, 0.6) is 0 Å². The summed E-state index contributed by atoms with van der Waals surface area (Å²) in [5.74, 6) is 0. The van der Waals surface area contributed by atoms with Gasteiger partial charge < -0.3 is 24.8 Å². The maximum Gasteiger partial charge on any atom is 4.00 e. The van der Waals surface area contributed by atoms with Crippen molar-refractivity contribution in [3.8, 4) is 22.3 Å². The summed E-state index contributed by atoms with van der Waals surface area (Å²) in [5, 5.41) is 8.67. The molecule has 6 rings (SSSR count). The maximum atomic E-state index is 2.45. The van der Waals surface area contributed by atoms with Gasteiger partial charge in [0, 0.05) is 0 Å². The standard InChI is InChI=1S/2C21H24P.2ClH.Ti/c2*1-15(2)22(16(3)4)19-13-18-11-8-12-20(21(18)14-19)17-9-6-5-7-10-17;;;/h2*5-16H,1-4H3;2*1H;/q2*-1;;;+4/p-2. The monoisotopic (exact) mass is 732 g/mol. The van der Waals surface area contributed by atoms with Crippen molar-refractivity contribution < 1.29 is 46.5 Å². The Bertz CT molecular complexity index is 1640. The molecule has 0 nitrogen and oxygen atoms in total. The van der Waals surface area contributed by atoms with Crippen LogP contribution in [0.3, 0.4) is 0 Å². The van der Waals surface area contributed by atoms with Gasteiger partial charge in [-0.2, -0.15) is 12.1 Å². The molecule has 5 heteroatoms. The molecule has 0 amide bonds. The maximum absolute atomic E-state index is 2.45. The largest absolute Gasteiger partial charge is 4.00 e. The SMILES string of the molecule is CC(C)P(c1cc2c(-c3ccccc3)cccc2[cH-]1)C(C)C.CC(C)P(c1cc2c(-c3ccccc3)cccc2[cH-]1)C(C)C.[Cl-].[Cl-].[Ti+4]. The van der Waals surface area contributed by atoms with Crippen LogP contribution in [0.25, 0.3) is 43.8 Å². The molecule has 0 bridgehead atoms. The molecule has 0 atom stereocenters. The summed E-state index contributed by atoms with van der Waals surface area (Å²) in [6, 6.07) is 44.5. The minimum Gasteiger partial charge on any atom is -1.00 e. The van der Waals surface area contributed by atoms with Crippen molar-refractivity contribution in [3.63, 3.8) is 0 Å². The summed E-state index contributed by atoms with van der Waals surface area (Å²) in [6.45, 7) is 18.9. The molecule has 0 heterocycles. The van der Waals surface area contributed by atoms with Gasteiger partial charge in [-0.3, -0.25) is 0 Å². The summed E-state index contributed by atoms with van der Waals surface area (Å²) < 4.78 is 0. The normalized spacial score (nSPS) is 11.2. The number of hydrogen-bond acceptors (Lipinski definition) is 0. The summed E-state index contributed by atoms with van der Waals surface area (Å²) in [5.41, 5.74) is 8.24. The van der Waals surface area contributed by atoms with Crippen LogP contribution in [-0.4, -0.2) is 22.6 Å². The molecule has 0 spiro atoms. The fourth-order valence-corrected chi connectivity index (χ4v) is 12.8. The van der Waals surface area contributed by atoms with E-state index in [-0.39, 0.29) is 62.4 Å². The van der Waals surface area contributed by atoms with E-state index in [0.29, 0.717) is 0 Å². The Kier molecular flexibility index (Phi) is 16.6. The van der Waals surface area contributed by atoms with Crippen LogP contribution >= 0.6 is 15.8 Å². The van der Waals surface area contributed by atoms with Gasteiger partial charge in [-0.1, -0.05) is 155 Å². The van der Waals surface area contributed by atoms with Gasteiger partial charge in [-0.25, -0.2) is 0 Å². The Morgan fingerprint density at radius 3 is 1.04 bits per heavy atom. The van der Waals surface area contributed by atoms with Crippen LogP contribution in [0.15, 0.2) is 121 Å².